The lowest BCUT2D eigenvalue weighted by molar-refractivity contribution is 0.0736. The summed E-state index contributed by atoms with van der Waals surface area (Å²) in [7, 11) is 1.67. The third-order valence-corrected chi connectivity index (χ3v) is 2.80. The smallest absolute Gasteiger partial charge is 0.257 e. The molecule has 4 nitrogen and oxygen atoms in total. The van der Waals surface area contributed by atoms with Crippen molar-refractivity contribution in [1.82, 2.24) is 4.90 Å². The first-order valence-electron chi connectivity index (χ1n) is 5.83. The van der Waals surface area contributed by atoms with Crippen LogP contribution < -0.4 is 4.74 Å². The number of carbonyl (C=O) groups excluding carboxylic acids is 1. The molecule has 92 valence electrons. The summed E-state index contributed by atoms with van der Waals surface area (Å²) in [5, 5.41) is 0. The number of hydrogen-bond acceptors (Lipinski definition) is 3. The molecule has 0 saturated carbocycles. The number of ether oxygens (including phenoxy) is 2. The lowest BCUT2D eigenvalue weighted by Crippen LogP contribution is -2.33. The van der Waals surface area contributed by atoms with E-state index < -0.39 is 0 Å². The van der Waals surface area contributed by atoms with Crippen LogP contribution in [0.2, 0.25) is 0 Å². The van der Waals surface area contributed by atoms with E-state index in [0.29, 0.717) is 37.6 Å². The van der Waals surface area contributed by atoms with E-state index in [1.165, 1.54) is 0 Å². The SMILES string of the molecule is COCCCN1CCOc2ccccc2C1=O. The van der Waals surface area contributed by atoms with E-state index in [1.54, 1.807) is 7.11 Å². The molecule has 4 heteroatoms. The summed E-state index contributed by atoms with van der Waals surface area (Å²) in [6.45, 7) is 2.57. The fraction of sp³-hybridized carbons (Fsp3) is 0.462. The second-order valence-electron chi connectivity index (χ2n) is 3.98. The molecule has 1 heterocycles. The third kappa shape index (κ3) is 2.77. The van der Waals surface area contributed by atoms with Crippen molar-refractivity contribution in [2.24, 2.45) is 0 Å². The molecule has 1 aliphatic rings. The predicted molar refractivity (Wildman–Crippen MR) is 64.3 cm³/mol. The van der Waals surface area contributed by atoms with Gasteiger partial charge in [-0.1, -0.05) is 12.1 Å². The van der Waals surface area contributed by atoms with Crippen LogP contribution in [0.1, 0.15) is 16.8 Å². The van der Waals surface area contributed by atoms with Gasteiger partial charge in [-0.2, -0.15) is 0 Å². The first-order chi connectivity index (χ1) is 8.33. The molecule has 0 saturated heterocycles. The number of benzene rings is 1. The molecule has 1 aromatic rings. The Morgan fingerprint density at radius 1 is 1.41 bits per heavy atom. The molecule has 17 heavy (non-hydrogen) atoms. The number of nitrogens with zero attached hydrogens (tertiary/aromatic N) is 1. The number of fused-ring (bicyclic) bond motifs is 1. The van der Waals surface area contributed by atoms with Crippen LogP contribution in [-0.4, -0.2) is 44.2 Å². The predicted octanol–water partition coefficient (Wildman–Crippen LogP) is 1.56. The van der Waals surface area contributed by atoms with Crippen molar-refractivity contribution in [3.05, 3.63) is 29.8 Å². The molecule has 0 radical (unpaired) electrons. The maximum absolute atomic E-state index is 12.2. The van der Waals surface area contributed by atoms with Gasteiger partial charge >= 0.3 is 0 Å². The highest BCUT2D eigenvalue weighted by Gasteiger charge is 2.22. The van der Waals surface area contributed by atoms with Crippen LogP contribution in [0.25, 0.3) is 0 Å². The summed E-state index contributed by atoms with van der Waals surface area (Å²) in [5.41, 5.74) is 0.655. The Morgan fingerprint density at radius 2 is 2.24 bits per heavy atom. The number of carbonyl (C=O) groups is 1. The lowest BCUT2D eigenvalue weighted by Gasteiger charge is -2.19. The fourth-order valence-corrected chi connectivity index (χ4v) is 1.92. The summed E-state index contributed by atoms with van der Waals surface area (Å²) >= 11 is 0. The van der Waals surface area contributed by atoms with Crippen LogP contribution in [0, 0.1) is 0 Å². The first kappa shape index (κ1) is 11.9. The van der Waals surface area contributed by atoms with Crippen molar-refractivity contribution in [3.8, 4) is 5.75 Å². The van der Waals surface area contributed by atoms with Gasteiger partial charge in [-0.3, -0.25) is 4.79 Å². The molecule has 0 fully saturated rings. The standard InChI is InChI=1S/C13H17NO3/c1-16-9-4-7-14-8-10-17-12-6-3-2-5-11(12)13(14)15/h2-3,5-6H,4,7-10H2,1H3. The molecule has 1 aliphatic heterocycles. The van der Waals surface area contributed by atoms with Gasteiger partial charge in [0.1, 0.15) is 12.4 Å². The Hall–Kier alpha value is -1.55. The van der Waals surface area contributed by atoms with E-state index in [1.807, 2.05) is 29.2 Å². The van der Waals surface area contributed by atoms with Gasteiger partial charge in [0.05, 0.1) is 12.1 Å². The molecular formula is C13H17NO3. The van der Waals surface area contributed by atoms with Crippen LogP contribution in [0.5, 0.6) is 5.75 Å². The zero-order chi connectivity index (χ0) is 12.1. The van der Waals surface area contributed by atoms with Gasteiger partial charge in [0.15, 0.2) is 0 Å². The molecule has 0 N–H and O–H groups in total. The van der Waals surface area contributed by atoms with Crippen molar-refractivity contribution in [3.63, 3.8) is 0 Å². The van der Waals surface area contributed by atoms with Crippen molar-refractivity contribution in [2.45, 2.75) is 6.42 Å². The number of rotatable bonds is 4. The van der Waals surface area contributed by atoms with Crippen molar-refractivity contribution < 1.29 is 14.3 Å². The highest BCUT2D eigenvalue weighted by atomic mass is 16.5. The van der Waals surface area contributed by atoms with E-state index in [0.717, 1.165) is 6.42 Å². The minimum Gasteiger partial charge on any atom is -0.491 e. The Balaban J connectivity index is 2.09. The third-order valence-electron chi connectivity index (χ3n) is 2.80. The minimum atomic E-state index is 0.0502. The van der Waals surface area contributed by atoms with Gasteiger partial charge < -0.3 is 14.4 Å². The monoisotopic (exact) mass is 235 g/mol. The topological polar surface area (TPSA) is 38.8 Å². The van der Waals surface area contributed by atoms with Crippen LogP contribution >= 0.6 is 0 Å². The second kappa shape index (κ2) is 5.68. The molecular weight excluding hydrogens is 218 g/mol. The highest BCUT2D eigenvalue weighted by Crippen LogP contribution is 2.22. The van der Waals surface area contributed by atoms with Crippen molar-refractivity contribution in [1.29, 1.82) is 0 Å². The average molecular weight is 235 g/mol. The Labute approximate surface area is 101 Å². The normalized spacial score (nSPS) is 15.1. The van der Waals surface area contributed by atoms with Crippen molar-refractivity contribution in [2.75, 3.05) is 33.4 Å². The zero-order valence-electron chi connectivity index (χ0n) is 10.0. The molecule has 1 amide bonds. The van der Waals surface area contributed by atoms with Gasteiger partial charge in [-0.15, -0.1) is 0 Å². The van der Waals surface area contributed by atoms with Crippen LogP contribution in [0.15, 0.2) is 24.3 Å². The second-order valence-corrected chi connectivity index (χ2v) is 3.98. The van der Waals surface area contributed by atoms with Gasteiger partial charge in [0.2, 0.25) is 0 Å². The maximum atomic E-state index is 12.2. The van der Waals surface area contributed by atoms with Crippen LogP contribution in [0.3, 0.4) is 0 Å². The molecule has 0 atom stereocenters. The lowest BCUT2D eigenvalue weighted by atomic mass is 10.2. The molecule has 0 aromatic heterocycles. The number of amides is 1. The van der Waals surface area contributed by atoms with E-state index in [-0.39, 0.29) is 5.91 Å². The number of methoxy groups -OCH3 is 1. The fourth-order valence-electron chi connectivity index (χ4n) is 1.92. The first-order valence-corrected chi connectivity index (χ1v) is 5.83. The van der Waals surface area contributed by atoms with E-state index in [9.17, 15) is 4.79 Å². The maximum Gasteiger partial charge on any atom is 0.257 e. The minimum absolute atomic E-state index is 0.0502. The number of para-hydroxylation sites is 1. The molecule has 0 bridgehead atoms. The Morgan fingerprint density at radius 3 is 3.06 bits per heavy atom. The van der Waals surface area contributed by atoms with Crippen LogP contribution in [0.4, 0.5) is 0 Å². The van der Waals surface area contributed by atoms with Gasteiger partial charge in [-0.05, 0) is 18.6 Å². The number of hydrogen-bond donors (Lipinski definition) is 0. The Kier molecular flexibility index (Phi) is 3.98. The largest absolute Gasteiger partial charge is 0.491 e. The molecule has 2 rings (SSSR count). The van der Waals surface area contributed by atoms with E-state index in [4.69, 9.17) is 9.47 Å². The van der Waals surface area contributed by atoms with Gasteiger partial charge in [-0.25, -0.2) is 0 Å². The van der Waals surface area contributed by atoms with Crippen LogP contribution in [-0.2, 0) is 4.74 Å². The zero-order valence-corrected chi connectivity index (χ0v) is 10.0. The van der Waals surface area contributed by atoms with Gasteiger partial charge in [0.25, 0.3) is 5.91 Å². The van der Waals surface area contributed by atoms with Gasteiger partial charge in [0, 0.05) is 20.3 Å². The summed E-state index contributed by atoms with van der Waals surface area (Å²) < 4.78 is 10.6. The summed E-state index contributed by atoms with van der Waals surface area (Å²) in [4.78, 5) is 14.1. The van der Waals surface area contributed by atoms with Crippen molar-refractivity contribution >= 4 is 5.91 Å². The summed E-state index contributed by atoms with van der Waals surface area (Å²) in [6.07, 6.45) is 0.852. The average Bonchev–Trinajstić information content (AvgIpc) is 2.51. The molecule has 0 unspecified atom stereocenters. The molecule has 0 aliphatic carbocycles. The highest BCUT2D eigenvalue weighted by molar-refractivity contribution is 5.97. The quantitative estimate of drug-likeness (QED) is 0.743. The Bertz CT molecular complexity index is 392. The molecule has 1 aromatic carbocycles. The summed E-state index contributed by atoms with van der Waals surface area (Å²) in [5.74, 6) is 0.737. The van der Waals surface area contributed by atoms with E-state index in [2.05, 4.69) is 0 Å². The molecule has 0 spiro atoms. The van der Waals surface area contributed by atoms with E-state index >= 15 is 0 Å². The summed E-state index contributed by atoms with van der Waals surface area (Å²) in [6, 6.07) is 7.39.